The minimum Gasteiger partial charge on any atom is -0.508 e. The SMILES string of the molecule is CCOCC[C@H]1C[C@@]2(C)C(CC[C@@H]2O)C2CCc3cc(O)ccc3C21. The first-order chi connectivity index (χ1) is 12.0. The van der Waals surface area contributed by atoms with Crippen LogP contribution in [0.3, 0.4) is 0 Å². The summed E-state index contributed by atoms with van der Waals surface area (Å²) >= 11 is 0. The number of hydrogen-bond acceptors (Lipinski definition) is 3. The van der Waals surface area contributed by atoms with Crippen molar-refractivity contribution >= 4 is 0 Å². The molecule has 3 aliphatic carbocycles. The highest BCUT2D eigenvalue weighted by molar-refractivity contribution is 5.40. The summed E-state index contributed by atoms with van der Waals surface area (Å²) in [4.78, 5) is 0. The molecule has 6 atom stereocenters. The maximum atomic E-state index is 10.7. The lowest BCUT2D eigenvalue weighted by atomic mass is 9.51. The maximum absolute atomic E-state index is 10.7. The van der Waals surface area contributed by atoms with Crippen molar-refractivity contribution in [1.82, 2.24) is 0 Å². The topological polar surface area (TPSA) is 49.7 Å². The molecule has 3 heteroatoms. The molecule has 0 aromatic heterocycles. The van der Waals surface area contributed by atoms with E-state index in [1.165, 1.54) is 24.0 Å². The number of benzene rings is 1. The molecule has 0 heterocycles. The predicted octanol–water partition coefficient (Wildman–Crippen LogP) is 4.26. The molecule has 0 aliphatic heterocycles. The van der Waals surface area contributed by atoms with Crippen molar-refractivity contribution in [2.75, 3.05) is 13.2 Å². The Morgan fingerprint density at radius 2 is 2.08 bits per heavy atom. The van der Waals surface area contributed by atoms with Crippen molar-refractivity contribution in [1.29, 1.82) is 0 Å². The molecular weight excluding hydrogens is 312 g/mol. The van der Waals surface area contributed by atoms with Gasteiger partial charge < -0.3 is 14.9 Å². The number of hydrogen-bond donors (Lipinski definition) is 2. The molecule has 2 N–H and O–H groups in total. The zero-order valence-corrected chi connectivity index (χ0v) is 15.6. The summed E-state index contributed by atoms with van der Waals surface area (Å²) in [5.41, 5.74) is 2.87. The molecule has 4 rings (SSSR count). The van der Waals surface area contributed by atoms with Crippen molar-refractivity contribution in [3.05, 3.63) is 29.3 Å². The number of aliphatic hydroxyl groups excluding tert-OH is 1. The number of phenols is 1. The van der Waals surface area contributed by atoms with Crippen molar-refractivity contribution in [2.24, 2.45) is 23.2 Å². The van der Waals surface area contributed by atoms with Gasteiger partial charge in [0.05, 0.1) is 6.10 Å². The van der Waals surface area contributed by atoms with Gasteiger partial charge in [0.1, 0.15) is 5.75 Å². The average Bonchev–Trinajstić information content (AvgIpc) is 2.89. The number of aliphatic hydroxyl groups is 1. The smallest absolute Gasteiger partial charge is 0.115 e. The van der Waals surface area contributed by atoms with E-state index in [1.54, 1.807) is 0 Å². The van der Waals surface area contributed by atoms with Gasteiger partial charge in [0.25, 0.3) is 0 Å². The Kier molecular flexibility index (Phi) is 4.57. The molecule has 2 fully saturated rings. The predicted molar refractivity (Wildman–Crippen MR) is 98.7 cm³/mol. The van der Waals surface area contributed by atoms with Crippen LogP contribution in [0.2, 0.25) is 0 Å². The highest BCUT2D eigenvalue weighted by Crippen LogP contribution is 2.63. The van der Waals surface area contributed by atoms with Gasteiger partial charge in [-0.3, -0.25) is 0 Å². The number of fused-ring (bicyclic) bond motifs is 5. The van der Waals surface area contributed by atoms with Crippen LogP contribution >= 0.6 is 0 Å². The Bertz CT molecular complexity index is 628. The van der Waals surface area contributed by atoms with Gasteiger partial charge in [0, 0.05) is 13.2 Å². The van der Waals surface area contributed by atoms with Crippen LogP contribution in [-0.2, 0) is 11.2 Å². The van der Waals surface area contributed by atoms with E-state index in [9.17, 15) is 10.2 Å². The fourth-order valence-electron chi connectivity index (χ4n) is 6.51. The molecule has 0 amide bonds. The second-order valence-corrected chi connectivity index (χ2v) is 8.77. The third-order valence-corrected chi connectivity index (χ3v) is 7.62. The lowest BCUT2D eigenvalue weighted by molar-refractivity contribution is -0.0541. The van der Waals surface area contributed by atoms with Crippen molar-refractivity contribution < 1.29 is 14.9 Å². The van der Waals surface area contributed by atoms with Crippen LogP contribution < -0.4 is 0 Å². The summed E-state index contributed by atoms with van der Waals surface area (Å²) in [5.74, 6) is 2.82. The summed E-state index contributed by atoms with van der Waals surface area (Å²) in [6.45, 7) is 5.98. The minimum atomic E-state index is -0.144. The lowest BCUT2D eigenvalue weighted by Gasteiger charge is -2.54. The summed E-state index contributed by atoms with van der Waals surface area (Å²) in [7, 11) is 0. The molecule has 2 saturated carbocycles. The van der Waals surface area contributed by atoms with E-state index >= 15 is 0 Å². The standard InChI is InChI=1S/C22H32O3/c1-3-25-11-10-15-13-22(2)19(8-9-20(22)24)18-6-4-14-12-16(23)5-7-17(14)21(15)18/h5,7,12,15,18-21,23-24H,3-4,6,8-11,13H2,1-2H3/t15-,18?,19?,20-,21?,22-/m0/s1. The summed E-state index contributed by atoms with van der Waals surface area (Å²) < 4.78 is 5.69. The Hall–Kier alpha value is -1.06. The third kappa shape index (κ3) is 2.80. The molecule has 3 unspecified atom stereocenters. The van der Waals surface area contributed by atoms with E-state index < -0.39 is 0 Å². The lowest BCUT2D eigenvalue weighted by Crippen LogP contribution is -2.48. The van der Waals surface area contributed by atoms with Crippen LogP contribution in [0.15, 0.2) is 18.2 Å². The maximum Gasteiger partial charge on any atom is 0.115 e. The number of ether oxygens (including phenoxy) is 1. The third-order valence-electron chi connectivity index (χ3n) is 7.62. The van der Waals surface area contributed by atoms with E-state index in [1.807, 2.05) is 12.1 Å². The fraction of sp³-hybridized carbons (Fsp3) is 0.727. The highest BCUT2D eigenvalue weighted by Gasteiger charge is 2.57. The molecule has 0 radical (unpaired) electrons. The van der Waals surface area contributed by atoms with E-state index in [4.69, 9.17) is 4.74 Å². The van der Waals surface area contributed by atoms with Crippen LogP contribution in [-0.4, -0.2) is 29.5 Å². The quantitative estimate of drug-likeness (QED) is 0.802. The minimum absolute atomic E-state index is 0.0759. The van der Waals surface area contributed by atoms with Gasteiger partial charge in [0.2, 0.25) is 0 Å². The summed E-state index contributed by atoms with van der Waals surface area (Å²) in [6.07, 6.45) is 6.42. The molecule has 0 bridgehead atoms. The molecule has 1 aromatic carbocycles. The average molecular weight is 344 g/mol. The largest absolute Gasteiger partial charge is 0.508 e. The molecule has 3 nitrogen and oxygen atoms in total. The Balaban J connectivity index is 1.70. The van der Waals surface area contributed by atoms with Gasteiger partial charge in [-0.15, -0.1) is 0 Å². The van der Waals surface area contributed by atoms with Crippen molar-refractivity contribution in [3.8, 4) is 5.75 Å². The van der Waals surface area contributed by atoms with E-state index in [0.717, 1.165) is 38.9 Å². The second kappa shape index (κ2) is 6.59. The normalized spacial score (nSPS) is 39.6. The molecule has 3 aliphatic rings. The summed E-state index contributed by atoms with van der Waals surface area (Å²) in [6, 6.07) is 6.00. The zero-order valence-electron chi connectivity index (χ0n) is 15.6. The highest BCUT2D eigenvalue weighted by atomic mass is 16.5. The number of aromatic hydroxyl groups is 1. The van der Waals surface area contributed by atoms with Crippen LogP contribution in [0.1, 0.15) is 63.0 Å². The first kappa shape index (κ1) is 17.4. The fourth-order valence-corrected chi connectivity index (χ4v) is 6.51. The first-order valence-electron chi connectivity index (χ1n) is 10.1. The number of aryl methyl sites for hydroxylation is 1. The number of phenolic OH excluding ortho intramolecular Hbond substituents is 1. The monoisotopic (exact) mass is 344 g/mol. The van der Waals surface area contributed by atoms with Gasteiger partial charge in [-0.05, 0) is 97.8 Å². The second-order valence-electron chi connectivity index (χ2n) is 8.77. The Morgan fingerprint density at radius 1 is 1.24 bits per heavy atom. The van der Waals surface area contributed by atoms with E-state index in [-0.39, 0.29) is 11.5 Å². The van der Waals surface area contributed by atoms with Crippen molar-refractivity contribution in [3.63, 3.8) is 0 Å². The van der Waals surface area contributed by atoms with Gasteiger partial charge in [-0.2, -0.15) is 0 Å². The summed E-state index contributed by atoms with van der Waals surface area (Å²) in [5, 5.41) is 20.6. The molecule has 138 valence electrons. The van der Waals surface area contributed by atoms with Gasteiger partial charge >= 0.3 is 0 Å². The van der Waals surface area contributed by atoms with Gasteiger partial charge in [-0.25, -0.2) is 0 Å². The van der Waals surface area contributed by atoms with Gasteiger partial charge in [0.15, 0.2) is 0 Å². The first-order valence-corrected chi connectivity index (χ1v) is 10.1. The molecule has 0 saturated heterocycles. The molecule has 25 heavy (non-hydrogen) atoms. The van der Waals surface area contributed by atoms with E-state index in [0.29, 0.717) is 29.4 Å². The Labute approximate surface area is 151 Å². The van der Waals surface area contributed by atoms with E-state index in [2.05, 4.69) is 19.9 Å². The zero-order chi connectivity index (χ0) is 17.6. The van der Waals surface area contributed by atoms with Crippen molar-refractivity contribution in [2.45, 2.75) is 64.4 Å². The van der Waals surface area contributed by atoms with Crippen LogP contribution in [0.4, 0.5) is 0 Å². The van der Waals surface area contributed by atoms with Gasteiger partial charge in [-0.1, -0.05) is 13.0 Å². The number of rotatable bonds is 4. The van der Waals surface area contributed by atoms with Crippen LogP contribution in [0, 0.1) is 23.2 Å². The van der Waals surface area contributed by atoms with Crippen LogP contribution in [0.25, 0.3) is 0 Å². The molecule has 1 aromatic rings. The van der Waals surface area contributed by atoms with Crippen LogP contribution in [0.5, 0.6) is 5.75 Å². The Morgan fingerprint density at radius 3 is 2.88 bits per heavy atom. The molecule has 0 spiro atoms. The molecular formula is C22H32O3.